The van der Waals surface area contributed by atoms with Gasteiger partial charge in [-0.1, -0.05) is 11.6 Å². The van der Waals surface area contributed by atoms with E-state index in [2.05, 4.69) is 15.9 Å². The molecule has 0 saturated carbocycles. The molecule has 108 valence electrons. The van der Waals surface area contributed by atoms with Gasteiger partial charge in [0, 0.05) is 29.0 Å². The number of carbonyl (C=O) groups is 2. The van der Waals surface area contributed by atoms with Crippen LogP contribution in [0.3, 0.4) is 0 Å². The van der Waals surface area contributed by atoms with Crippen molar-refractivity contribution in [1.29, 1.82) is 0 Å². The van der Waals surface area contributed by atoms with Gasteiger partial charge >= 0.3 is 5.97 Å². The molecular formula is C14H15BrClNO3. The first-order chi connectivity index (χ1) is 9.47. The van der Waals surface area contributed by atoms with Gasteiger partial charge < -0.3 is 10.0 Å². The second-order valence-electron chi connectivity index (χ2n) is 4.96. The van der Waals surface area contributed by atoms with Gasteiger partial charge in [0.1, 0.15) is 0 Å². The first kappa shape index (κ1) is 15.3. The Morgan fingerprint density at radius 1 is 1.45 bits per heavy atom. The molecule has 1 saturated heterocycles. The predicted octanol–water partition coefficient (Wildman–Crippen LogP) is 3.43. The van der Waals surface area contributed by atoms with Gasteiger partial charge in [0.25, 0.3) is 5.91 Å². The molecule has 4 nitrogen and oxygen atoms in total. The summed E-state index contributed by atoms with van der Waals surface area (Å²) in [7, 11) is 0. The van der Waals surface area contributed by atoms with Crippen molar-refractivity contribution >= 4 is 39.4 Å². The minimum atomic E-state index is -0.782. The molecule has 1 amide bonds. The molecule has 1 N–H and O–H groups in total. The van der Waals surface area contributed by atoms with E-state index in [1.165, 1.54) is 0 Å². The quantitative estimate of drug-likeness (QED) is 0.895. The van der Waals surface area contributed by atoms with Crippen LogP contribution in [0.5, 0.6) is 0 Å². The maximum atomic E-state index is 12.4. The van der Waals surface area contributed by atoms with E-state index in [4.69, 9.17) is 16.7 Å². The Balaban J connectivity index is 1.99. The Labute approximate surface area is 130 Å². The average Bonchev–Trinajstić information content (AvgIpc) is 2.84. The molecule has 1 fully saturated rings. The average molecular weight is 361 g/mol. The fourth-order valence-corrected chi connectivity index (χ4v) is 3.27. The van der Waals surface area contributed by atoms with Crippen molar-refractivity contribution in [2.75, 3.05) is 13.1 Å². The number of halogens is 2. The van der Waals surface area contributed by atoms with Gasteiger partial charge in [-0.2, -0.15) is 0 Å². The Kier molecular flexibility index (Phi) is 5.05. The lowest BCUT2D eigenvalue weighted by atomic mass is 10.0. The van der Waals surface area contributed by atoms with Gasteiger partial charge in [0.05, 0.1) is 5.56 Å². The summed E-state index contributed by atoms with van der Waals surface area (Å²) in [5.41, 5.74) is 0.591. The molecule has 20 heavy (non-hydrogen) atoms. The van der Waals surface area contributed by atoms with E-state index in [1.54, 1.807) is 23.1 Å². The summed E-state index contributed by atoms with van der Waals surface area (Å²) in [6.07, 6.45) is 1.66. The van der Waals surface area contributed by atoms with Crippen LogP contribution in [0.1, 0.15) is 29.6 Å². The van der Waals surface area contributed by atoms with Crippen LogP contribution in [0.15, 0.2) is 22.7 Å². The maximum Gasteiger partial charge on any atom is 0.303 e. The number of rotatable bonds is 4. The number of carboxylic acids is 1. The first-order valence-electron chi connectivity index (χ1n) is 6.43. The zero-order valence-electron chi connectivity index (χ0n) is 10.8. The smallest absolute Gasteiger partial charge is 0.303 e. The van der Waals surface area contributed by atoms with Crippen molar-refractivity contribution in [2.45, 2.75) is 19.3 Å². The number of hydrogen-bond donors (Lipinski definition) is 1. The molecule has 0 radical (unpaired) electrons. The molecule has 1 aliphatic heterocycles. The normalized spacial score (nSPS) is 18.3. The third-order valence-electron chi connectivity index (χ3n) is 3.50. The number of aliphatic carboxylic acids is 1. The van der Waals surface area contributed by atoms with Crippen LogP contribution in [0.4, 0.5) is 0 Å². The third-order valence-corrected chi connectivity index (χ3v) is 4.39. The third kappa shape index (κ3) is 3.73. The van der Waals surface area contributed by atoms with Crippen LogP contribution in [0, 0.1) is 5.92 Å². The highest BCUT2D eigenvalue weighted by Gasteiger charge is 2.28. The lowest BCUT2D eigenvalue weighted by Gasteiger charge is -2.17. The van der Waals surface area contributed by atoms with Gasteiger partial charge in [0.2, 0.25) is 0 Å². The summed E-state index contributed by atoms with van der Waals surface area (Å²) < 4.78 is 0.684. The molecule has 1 aromatic rings. The highest BCUT2D eigenvalue weighted by Crippen LogP contribution is 2.27. The number of carbonyl (C=O) groups excluding carboxylic acids is 1. The van der Waals surface area contributed by atoms with Crippen molar-refractivity contribution < 1.29 is 14.7 Å². The zero-order chi connectivity index (χ0) is 14.7. The molecule has 2 rings (SSSR count). The van der Waals surface area contributed by atoms with Crippen LogP contribution in [0.2, 0.25) is 5.02 Å². The highest BCUT2D eigenvalue weighted by atomic mass is 79.9. The van der Waals surface area contributed by atoms with E-state index in [9.17, 15) is 9.59 Å². The van der Waals surface area contributed by atoms with Gasteiger partial charge in [-0.15, -0.1) is 0 Å². The van der Waals surface area contributed by atoms with Crippen LogP contribution < -0.4 is 0 Å². The topological polar surface area (TPSA) is 57.6 Å². The van der Waals surface area contributed by atoms with Gasteiger partial charge in [-0.3, -0.25) is 9.59 Å². The van der Waals surface area contributed by atoms with Crippen molar-refractivity contribution in [1.82, 2.24) is 4.90 Å². The first-order valence-corrected chi connectivity index (χ1v) is 7.60. The number of amides is 1. The van der Waals surface area contributed by atoms with Crippen LogP contribution in [-0.2, 0) is 4.79 Å². The molecule has 0 spiro atoms. The SMILES string of the molecule is O=C(O)CCC1CCN(C(=O)c2ccc(Cl)cc2Br)C1. The summed E-state index contributed by atoms with van der Waals surface area (Å²) in [6.45, 7) is 1.30. The molecule has 6 heteroatoms. The van der Waals surface area contributed by atoms with Crippen LogP contribution >= 0.6 is 27.5 Å². The second kappa shape index (κ2) is 6.59. The summed E-state index contributed by atoms with van der Waals surface area (Å²) >= 11 is 9.21. The summed E-state index contributed by atoms with van der Waals surface area (Å²) in [5.74, 6) is -0.539. The molecule has 0 aromatic heterocycles. The van der Waals surface area contributed by atoms with E-state index in [0.717, 1.165) is 6.42 Å². The minimum Gasteiger partial charge on any atom is -0.481 e. The molecular weight excluding hydrogens is 346 g/mol. The number of likely N-dealkylation sites (tertiary alicyclic amines) is 1. The number of nitrogens with zero attached hydrogens (tertiary/aromatic N) is 1. The number of benzene rings is 1. The van der Waals surface area contributed by atoms with Crippen molar-refractivity contribution in [3.05, 3.63) is 33.3 Å². The standard InChI is InChI=1S/C14H15BrClNO3/c15-12-7-10(16)2-3-11(12)14(20)17-6-5-9(8-17)1-4-13(18)19/h2-3,7,9H,1,4-6,8H2,(H,18,19). The van der Waals surface area contributed by atoms with E-state index in [0.29, 0.717) is 34.6 Å². The van der Waals surface area contributed by atoms with Gasteiger partial charge in [0.15, 0.2) is 0 Å². The summed E-state index contributed by atoms with van der Waals surface area (Å²) in [6, 6.07) is 5.10. The van der Waals surface area contributed by atoms with Crippen LogP contribution in [-0.4, -0.2) is 35.0 Å². The Morgan fingerprint density at radius 3 is 2.85 bits per heavy atom. The lowest BCUT2D eigenvalue weighted by Crippen LogP contribution is -2.29. The molecule has 1 heterocycles. The molecule has 1 aliphatic rings. The van der Waals surface area contributed by atoms with E-state index < -0.39 is 5.97 Å². The van der Waals surface area contributed by atoms with Gasteiger partial charge in [-0.05, 0) is 52.9 Å². The van der Waals surface area contributed by atoms with Crippen molar-refractivity contribution in [3.8, 4) is 0 Å². The molecule has 1 atom stereocenters. The van der Waals surface area contributed by atoms with E-state index in [1.807, 2.05) is 0 Å². The van der Waals surface area contributed by atoms with Gasteiger partial charge in [-0.25, -0.2) is 0 Å². The second-order valence-corrected chi connectivity index (χ2v) is 6.25. The highest BCUT2D eigenvalue weighted by molar-refractivity contribution is 9.10. The molecule has 1 aromatic carbocycles. The predicted molar refractivity (Wildman–Crippen MR) is 80.0 cm³/mol. The van der Waals surface area contributed by atoms with Crippen molar-refractivity contribution in [2.24, 2.45) is 5.92 Å². The summed E-state index contributed by atoms with van der Waals surface area (Å²) in [4.78, 5) is 24.7. The minimum absolute atomic E-state index is 0.0358. The monoisotopic (exact) mass is 359 g/mol. The fraction of sp³-hybridized carbons (Fsp3) is 0.429. The zero-order valence-corrected chi connectivity index (χ0v) is 13.2. The summed E-state index contributed by atoms with van der Waals surface area (Å²) in [5, 5.41) is 9.27. The Bertz CT molecular complexity index is 535. The molecule has 0 aliphatic carbocycles. The molecule has 0 bridgehead atoms. The largest absolute Gasteiger partial charge is 0.481 e. The van der Waals surface area contributed by atoms with Crippen LogP contribution in [0.25, 0.3) is 0 Å². The van der Waals surface area contributed by atoms with E-state index >= 15 is 0 Å². The number of hydrogen-bond acceptors (Lipinski definition) is 2. The number of carboxylic acid groups (broad SMARTS) is 1. The Morgan fingerprint density at radius 2 is 2.20 bits per heavy atom. The molecule has 1 unspecified atom stereocenters. The maximum absolute atomic E-state index is 12.4. The van der Waals surface area contributed by atoms with Crippen molar-refractivity contribution in [3.63, 3.8) is 0 Å². The Hall–Kier alpha value is -1.07. The fourth-order valence-electron chi connectivity index (χ4n) is 2.41. The lowest BCUT2D eigenvalue weighted by molar-refractivity contribution is -0.137. The van der Waals surface area contributed by atoms with E-state index in [-0.39, 0.29) is 18.2 Å².